The summed E-state index contributed by atoms with van der Waals surface area (Å²) < 4.78 is 26.8. The smallest absolute Gasteiger partial charge is 0.185 e. The molecule has 0 unspecified atom stereocenters. The molecule has 0 aliphatic heterocycles. The zero-order chi connectivity index (χ0) is 15.4. The van der Waals surface area contributed by atoms with Crippen LogP contribution in [-0.2, 0) is 0 Å². The van der Waals surface area contributed by atoms with Gasteiger partial charge in [-0.1, -0.05) is 18.2 Å². The fourth-order valence-corrected chi connectivity index (χ4v) is 2.26. The highest BCUT2D eigenvalue weighted by Gasteiger charge is 2.17. The molecular weight excluding hydrogens is 272 g/mol. The van der Waals surface area contributed by atoms with E-state index in [1.54, 1.807) is 0 Å². The van der Waals surface area contributed by atoms with Gasteiger partial charge in [0.1, 0.15) is 11.6 Å². The van der Waals surface area contributed by atoms with Crippen LogP contribution in [0.1, 0.15) is 22.8 Å². The molecule has 2 aromatic rings. The van der Waals surface area contributed by atoms with Gasteiger partial charge in [-0.2, -0.15) is 0 Å². The summed E-state index contributed by atoms with van der Waals surface area (Å²) in [4.78, 5) is 14.1. The van der Waals surface area contributed by atoms with Gasteiger partial charge in [0.25, 0.3) is 0 Å². The Kier molecular flexibility index (Phi) is 4.68. The molecule has 4 heteroatoms. The second kappa shape index (κ2) is 6.48. The van der Waals surface area contributed by atoms with E-state index in [-0.39, 0.29) is 12.1 Å². The van der Waals surface area contributed by atoms with Crippen molar-refractivity contribution in [3.05, 3.63) is 65.2 Å². The lowest BCUT2D eigenvalue weighted by atomic mass is 10.1. The molecule has 0 saturated heterocycles. The summed E-state index contributed by atoms with van der Waals surface area (Å²) in [5, 5.41) is 0. The lowest BCUT2D eigenvalue weighted by molar-refractivity contribution is 0.0995. The third kappa shape index (κ3) is 3.45. The molecule has 0 radical (unpaired) electrons. The van der Waals surface area contributed by atoms with Gasteiger partial charge >= 0.3 is 0 Å². The van der Waals surface area contributed by atoms with Crippen LogP contribution in [0.4, 0.5) is 14.5 Å². The van der Waals surface area contributed by atoms with E-state index in [1.165, 1.54) is 0 Å². The molecule has 0 heterocycles. The van der Waals surface area contributed by atoms with E-state index in [1.807, 2.05) is 43.0 Å². The number of hydrogen-bond acceptors (Lipinski definition) is 2. The number of carbonyl (C=O) groups is 1. The third-order valence-electron chi connectivity index (χ3n) is 3.40. The first-order valence-corrected chi connectivity index (χ1v) is 6.81. The van der Waals surface area contributed by atoms with E-state index < -0.39 is 17.4 Å². The summed E-state index contributed by atoms with van der Waals surface area (Å²) in [5.41, 5.74) is 1.75. The van der Waals surface area contributed by atoms with Gasteiger partial charge in [0.2, 0.25) is 0 Å². The van der Waals surface area contributed by atoms with Gasteiger partial charge in [-0.3, -0.25) is 4.79 Å². The minimum absolute atomic E-state index is 0.0156. The summed E-state index contributed by atoms with van der Waals surface area (Å²) >= 11 is 0. The highest BCUT2D eigenvalue weighted by molar-refractivity contribution is 5.99. The number of hydrogen-bond donors (Lipinski definition) is 0. The van der Waals surface area contributed by atoms with E-state index in [0.717, 1.165) is 29.4 Å². The van der Waals surface area contributed by atoms with Gasteiger partial charge in [0.05, 0.1) is 12.1 Å². The molecule has 0 bridgehead atoms. The molecule has 0 saturated carbocycles. The number of nitrogens with zero attached hydrogens (tertiary/aromatic N) is 1. The van der Waals surface area contributed by atoms with E-state index in [2.05, 4.69) is 0 Å². The second-order valence-corrected chi connectivity index (χ2v) is 4.85. The zero-order valence-corrected chi connectivity index (χ0v) is 12.1. The van der Waals surface area contributed by atoms with Crippen LogP contribution in [0.2, 0.25) is 0 Å². The summed E-state index contributed by atoms with van der Waals surface area (Å²) in [6.07, 6.45) is 0. The Morgan fingerprint density at radius 3 is 2.52 bits per heavy atom. The molecule has 0 N–H and O–H groups in total. The molecule has 0 aromatic heterocycles. The van der Waals surface area contributed by atoms with Crippen LogP contribution in [0, 0.1) is 18.6 Å². The highest BCUT2D eigenvalue weighted by Crippen LogP contribution is 2.20. The van der Waals surface area contributed by atoms with Crippen molar-refractivity contribution in [1.82, 2.24) is 0 Å². The van der Waals surface area contributed by atoms with Crippen molar-refractivity contribution in [2.45, 2.75) is 13.8 Å². The maximum Gasteiger partial charge on any atom is 0.185 e. The number of anilines is 1. The number of rotatable bonds is 5. The van der Waals surface area contributed by atoms with Gasteiger partial charge in [0, 0.05) is 12.2 Å². The average molecular weight is 289 g/mol. The van der Waals surface area contributed by atoms with Crippen molar-refractivity contribution in [2.75, 3.05) is 18.0 Å². The SMILES string of the molecule is CCN(CC(=O)c1cc(F)ccc1F)c1ccccc1C. The zero-order valence-electron chi connectivity index (χ0n) is 12.1. The highest BCUT2D eigenvalue weighted by atomic mass is 19.1. The quantitative estimate of drug-likeness (QED) is 0.776. The van der Waals surface area contributed by atoms with Crippen LogP contribution in [0.25, 0.3) is 0 Å². The van der Waals surface area contributed by atoms with Crippen molar-refractivity contribution in [1.29, 1.82) is 0 Å². The molecular formula is C17H17F2NO. The van der Waals surface area contributed by atoms with Gasteiger partial charge in [-0.05, 0) is 43.7 Å². The fourth-order valence-electron chi connectivity index (χ4n) is 2.26. The number of Topliss-reactive ketones (excluding diaryl/α,β-unsaturated/α-hetero) is 1. The van der Waals surface area contributed by atoms with E-state index in [4.69, 9.17) is 0 Å². The largest absolute Gasteiger partial charge is 0.364 e. The molecule has 0 spiro atoms. The Hall–Kier alpha value is -2.23. The standard InChI is InChI=1S/C17H17F2NO/c1-3-20(16-7-5-4-6-12(16)2)11-17(21)14-10-13(18)8-9-15(14)19/h4-10H,3,11H2,1-2H3. The molecule has 0 atom stereocenters. The van der Waals surface area contributed by atoms with Crippen molar-refractivity contribution in [3.63, 3.8) is 0 Å². The van der Waals surface area contributed by atoms with E-state index in [9.17, 15) is 13.6 Å². The topological polar surface area (TPSA) is 20.3 Å². The van der Waals surface area contributed by atoms with Crippen molar-refractivity contribution >= 4 is 11.5 Å². The summed E-state index contributed by atoms with van der Waals surface area (Å²) in [6, 6.07) is 10.6. The maximum atomic E-state index is 13.7. The molecule has 21 heavy (non-hydrogen) atoms. The minimum atomic E-state index is -0.692. The first-order chi connectivity index (χ1) is 10.0. The fraction of sp³-hybridized carbons (Fsp3) is 0.235. The predicted molar refractivity (Wildman–Crippen MR) is 79.8 cm³/mol. The van der Waals surface area contributed by atoms with Gasteiger partial charge < -0.3 is 4.90 Å². The number of halogens is 2. The Morgan fingerprint density at radius 2 is 1.86 bits per heavy atom. The molecule has 2 aromatic carbocycles. The molecule has 2 rings (SSSR count). The van der Waals surface area contributed by atoms with Crippen LogP contribution in [0.5, 0.6) is 0 Å². The van der Waals surface area contributed by atoms with Crippen LogP contribution in [-0.4, -0.2) is 18.9 Å². The number of para-hydroxylation sites is 1. The Bertz CT molecular complexity index is 655. The van der Waals surface area contributed by atoms with Gasteiger partial charge in [-0.15, -0.1) is 0 Å². The summed E-state index contributed by atoms with van der Waals surface area (Å²) in [7, 11) is 0. The first-order valence-electron chi connectivity index (χ1n) is 6.81. The molecule has 110 valence electrons. The van der Waals surface area contributed by atoms with Crippen molar-refractivity contribution in [2.24, 2.45) is 0 Å². The monoisotopic (exact) mass is 289 g/mol. The van der Waals surface area contributed by atoms with E-state index >= 15 is 0 Å². The summed E-state index contributed by atoms with van der Waals surface area (Å²) in [6.45, 7) is 4.49. The van der Waals surface area contributed by atoms with Gasteiger partial charge in [0.15, 0.2) is 5.78 Å². The molecule has 0 amide bonds. The maximum absolute atomic E-state index is 13.7. The molecule has 0 fully saturated rings. The van der Waals surface area contributed by atoms with Crippen LogP contribution >= 0.6 is 0 Å². The lowest BCUT2D eigenvalue weighted by Crippen LogP contribution is -2.30. The normalized spacial score (nSPS) is 10.5. The van der Waals surface area contributed by atoms with Crippen molar-refractivity contribution < 1.29 is 13.6 Å². The Balaban J connectivity index is 2.25. The van der Waals surface area contributed by atoms with E-state index in [0.29, 0.717) is 6.54 Å². The average Bonchev–Trinajstić information content (AvgIpc) is 2.48. The first kappa shape index (κ1) is 15.2. The summed E-state index contributed by atoms with van der Waals surface area (Å²) in [5.74, 6) is -1.74. The third-order valence-corrected chi connectivity index (χ3v) is 3.40. The van der Waals surface area contributed by atoms with Crippen LogP contribution in [0.15, 0.2) is 42.5 Å². The lowest BCUT2D eigenvalue weighted by Gasteiger charge is -2.24. The molecule has 2 nitrogen and oxygen atoms in total. The number of likely N-dealkylation sites (N-methyl/N-ethyl adjacent to an activating group) is 1. The Morgan fingerprint density at radius 1 is 1.14 bits per heavy atom. The predicted octanol–water partition coefficient (Wildman–Crippen LogP) is 3.98. The van der Waals surface area contributed by atoms with Gasteiger partial charge in [-0.25, -0.2) is 8.78 Å². The van der Waals surface area contributed by atoms with Crippen LogP contribution in [0.3, 0.4) is 0 Å². The minimum Gasteiger partial charge on any atom is -0.364 e. The Labute approximate surface area is 123 Å². The molecule has 0 aliphatic carbocycles. The van der Waals surface area contributed by atoms with Crippen LogP contribution < -0.4 is 4.90 Å². The number of aryl methyl sites for hydroxylation is 1. The number of ketones is 1. The molecule has 0 aliphatic rings. The van der Waals surface area contributed by atoms with Crippen molar-refractivity contribution in [3.8, 4) is 0 Å². The second-order valence-electron chi connectivity index (χ2n) is 4.85. The number of carbonyl (C=O) groups excluding carboxylic acids is 1. The number of benzene rings is 2.